The molecule has 2 aromatic rings. The second-order valence-corrected chi connectivity index (χ2v) is 6.97. The highest BCUT2D eigenvalue weighted by atomic mass is 79.9. The molecule has 1 N–H and O–H groups in total. The summed E-state index contributed by atoms with van der Waals surface area (Å²) in [5.74, 6) is 0. The summed E-state index contributed by atoms with van der Waals surface area (Å²) in [6.45, 7) is 1.90. The van der Waals surface area contributed by atoms with Crippen LogP contribution >= 0.6 is 15.9 Å². The normalized spacial score (nSPS) is 11.7. The first-order valence-corrected chi connectivity index (χ1v) is 8.45. The highest BCUT2D eigenvalue weighted by molar-refractivity contribution is 9.10. The minimum atomic E-state index is -3.62. The lowest BCUT2D eigenvalue weighted by molar-refractivity contribution is 0.584. The first-order chi connectivity index (χ1) is 9.97. The molecule has 0 saturated heterocycles. The van der Waals surface area contributed by atoms with Gasteiger partial charge in [0.05, 0.1) is 4.90 Å². The van der Waals surface area contributed by atoms with Crippen molar-refractivity contribution in [1.29, 1.82) is 0 Å². The Morgan fingerprint density at radius 1 is 1.29 bits per heavy atom. The molecule has 0 amide bonds. The molecule has 0 fully saturated rings. The van der Waals surface area contributed by atoms with Gasteiger partial charge in [0, 0.05) is 29.0 Å². The Labute approximate surface area is 132 Å². The molecule has 1 aromatic heterocycles. The second-order valence-electron chi connectivity index (χ2n) is 4.39. The highest BCUT2D eigenvalue weighted by Gasteiger charge is 2.11. The second kappa shape index (κ2) is 6.82. The van der Waals surface area contributed by atoms with Gasteiger partial charge in [-0.25, -0.2) is 4.83 Å². The zero-order chi connectivity index (χ0) is 15.3. The zero-order valence-electron chi connectivity index (χ0n) is 11.3. The Morgan fingerprint density at radius 3 is 2.67 bits per heavy atom. The number of nitrogens with zero attached hydrogens (tertiary/aromatic N) is 2. The third-order valence-corrected chi connectivity index (χ3v) is 4.41. The van der Waals surface area contributed by atoms with Gasteiger partial charge < -0.3 is 0 Å². The van der Waals surface area contributed by atoms with Crippen molar-refractivity contribution in [1.82, 2.24) is 9.82 Å². The fourth-order valence-electron chi connectivity index (χ4n) is 1.58. The van der Waals surface area contributed by atoms with Gasteiger partial charge in [-0.1, -0.05) is 33.6 Å². The molecule has 0 unspecified atom stereocenters. The molecular weight excluding hydrogens is 354 g/mol. The van der Waals surface area contributed by atoms with Gasteiger partial charge in [0.25, 0.3) is 10.0 Å². The van der Waals surface area contributed by atoms with Gasteiger partial charge in [0.1, 0.15) is 0 Å². The molecule has 0 atom stereocenters. The number of hydrogen-bond donors (Lipinski definition) is 1. The van der Waals surface area contributed by atoms with Crippen LogP contribution in [-0.2, 0) is 16.4 Å². The van der Waals surface area contributed by atoms with Gasteiger partial charge in [-0.05, 0) is 31.2 Å². The van der Waals surface area contributed by atoms with Crippen molar-refractivity contribution in [3.63, 3.8) is 0 Å². The van der Waals surface area contributed by atoms with Crippen molar-refractivity contribution in [3.05, 3.63) is 58.3 Å². The van der Waals surface area contributed by atoms with Crippen molar-refractivity contribution >= 4 is 32.2 Å². The number of rotatable bonds is 5. The van der Waals surface area contributed by atoms with E-state index < -0.39 is 10.0 Å². The van der Waals surface area contributed by atoms with Gasteiger partial charge in [-0.15, -0.1) is 0 Å². The average molecular weight is 368 g/mol. The van der Waals surface area contributed by atoms with E-state index >= 15 is 0 Å². The van der Waals surface area contributed by atoms with Crippen LogP contribution in [0.4, 0.5) is 0 Å². The van der Waals surface area contributed by atoms with Crippen molar-refractivity contribution in [2.24, 2.45) is 5.10 Å². The van der Waals surface area contributed by atoms with Crippen LogP contribution in [0.15, 0.2) is 57.1 Å². The number of aromatic nitrogens is 1. The molecule has 0 aliphatic heterocycles. The number of hydrogen-bond acceptors (Lipinski definition) is 4. The molecule has 0 bridgehead atoms. The van der Waals surface area contributed by atoms with E-state index in [-0.39, 0.29) is 4.90 Å². The molecule has 0 spiro atoms. The molecule has 1 aromatic carbocycles. The van der Waals surface area contributed by atoms with Gasteiger partial charge in [0.2, 0.25) is 0 Å². The summed E-state index contributed by atoms with van der Waals surface area (Å²) >= 11 is 3.34. The van der Waals surface area contributed by atoms with Crippen molar-refractivity contribution < 1.29 is 8.42 Å². The van der Waals surface area contributed by atoms with Crippen LogP contribution < -0.4 is 4.83 Å². The molecule has 7 heteroatoms. The maximum absolute atomic E-state index is 12.0. The molecule has 0 radical (unpaired) electrons. The maximum Gasteiger partial charge on any atom is 0.276 e. The molecule has 110 valence electrons. The highest BCUT2D eigenvalue weighted by Crippen LogP contribution is 2.10. The van der Waals surface area contributed by atoms with E-state index in [0.717, 1.165) is 15.7 Å². The predicted molar refractivity (Wildman–Crippen MR) is 85.6 cm³/mol. The minimum absolute atomic E-state index is 0.186. The fraction of sp³-hybridized carbons (Fsp3) is 0.143. The lowest BCUT2D eigenvalue weighted by Crippen LogP contribution is -2.18. The number of halogens is 1. The first-order valence-electron chi connectivity index (χ1n) is 6.18. The van der Waals surface area contributed by atoms with Gasteiger partial charge in [0.15, 0.2) is 0 Å². The number of aryl methyl sites for hydroxylation is 1. The quantitative estimate of drug-likeness (QED) is 0.652. The van der Waals surface area contributed by atoms with Crippen LogP contribution in [0.5, 0.6) is 0 Å². The first kappa shape index (κ1) is 15.7. The van der Waals surface area contributed by atoms with Gasteiger partial charge in [-0.3, -0.25) is 4.98 Å². The maximum atomic E-state index is 12.0. The lowest BCUT2D eigenvalue weighted by Gasteiger charge is -2.03. The Hall–Kier alpha value is -1.73. The van der Waals surface area contributed by atoms with Crippen LogP contribution in [0.3, 0.4) is 0 Å². The van der Waals surface area contributed by atoms with Crippen LogP contribution in [0.25, 0.3) is 0 Å². The number of pyridine rings is 1. The predicted octanol–water partition coefficient (Wildman–Crippen LogP) is 2.66. The Balaban J connectivity index is 1.98. The monoisotopic (exact) mass is 367 g/mol. The van der Waals surface area contributed by atoms with Crippen LogP contribution in [0, 0.1) is 6.92 Å². The summed E-state index contributed by atoms with van der Waals surface area (Å²) < 4.78 is 24.8. The summed E-state index contributed by atoms with van der Waals surface area (Å²) in [6.07, 6.45) is 3.58. The molecule has 0 aliphatic rings. The molecule has 2 rings (SSSR count). The summed E-state index contributed by atoms with van der Waals surface area (Å²) in [4.78, 5) is 6.51. The summed E-state index contributed by atoms with van der Waals surface area (Å²) in [6, 6.07) is 10.2. The summed E-state index contributed by atoms with van der Waals surface area (Å²) in [5.41, 5.74) is 1.79. The Kier molecular flexibility index (Phi) is 5.08. The van der Waals surface area contributed by atoms with Crippen LogP contribution in [0.1, 0.15) is 11.3 Å². The number of hydrazone groups is 1. The molecular formula is C14H14BrN3O2S. The topological polar surface area (TPSA) is 71.4 Å². The molecule has 0 aliphatic carbocycles. The van der Waals surface area contributed by atoms with E-state index in [1.165, 1.54) is 6.21 Å². The van der Waals surface area contributed by atoms with E-state index in [1.807, 2.05) is 19.1 Å². The largest absolute Gasteiger partial charge is 0.276 e. The third kappa shape index (κ3) is 4.64. The number of benzene rings is 1. The summed E-state index contributed by atoms with van der Waals surface area (Å²) in [5, 5.41) is 3.75. The van der Waals surface area contributed by atoms with E-state index in [1.54, 1.807) is 30.5 Å². The van der Waals surface area contributed by atoms with Crippen molar-refractivity contribution in [2.75, 3.05) is 0 Å². The molecule has 0 saturated carbocycles. The number of sulfonamides is 1. The zero-order valence-corrected chi connectivity index (χ0v) is 13.7. The smallest absolute Gasteiger partial charge is 0.261 e. The molecule has 21 heavy (non-hydrogen) atoms. The van der Waals surface area contributed by atoms with Crippen LogP contribution in [-0.4, -0.2) is 19.6 Å². The van der Waals surface area contributed by atoms with E-state index in [4.69, 9.17) is 0 Å². The van der Waals surface area contributed by atoms with Crippen molar-refractivity contribution in [2.45, 2.75) is 18.2 Å². The van der Waals surface area contributed by atoms with E-state index in [9.17, 15) is 8.42 Å². The third-order valence-electron chi connectivity index (χ3n) is 2.67. The fourth-order valence-corrected chi connectivity index (χ4v) is 2.77. The van der Waals surface area contributed by atoms with Gasteiger partial charge in [-0.2, -0.15) is 13.5 Å². The van der Waals surface area contributed by atoms with E-state index in [0.29, 0.717) is 6.42 Å². The minimum Gasteiger partial charge on any atom is -0.261 e. The number of nitrogens with one attached hydrogen (secondary N) is 1. The Morgan fingerprint density at radius 2 is 2.00 bits per heavy atom. The van der Waals surface area contributed by atoms with E-state index in [2.05, 4.69) is 30.8 Å². The average Bonchev–Trinajstić information content (AvgIpc) is 2.44. The van der Waals surface area contributed by atoms with Gasteiger partial charge >= 0.3 is 0 Å². The molecule has 1 heterocycles. The van der Waals surface area contributed by atoms with Crippen LogP contribution in [0.2, 0.25) is 0 Å². The van der Waals surface area contributed by atoms with Crippen molar-refractivity contribution in [3.8, 4) is 0 Å². The molecule has 5 nitrogen and oxygen atoms in total. The summed E-state index contributed by atoms with van der Waals surface area (Å²) in [7, 11) is -3.62. The lowest BCUT2D eigenvalue weighted by atomic mass is 10.2. The standard InChI is InChI=1S/C14H14BrN3O2S/c1-11-2-4-14(5-3-11)21(19,20)18-17-9-7-13-10-12(15)6-8-16-13/h2-6,8-10,18H,7H2,1H3. The SMILES string of the molecule is Cc1ccc(S(=O)(=O)NN=CCc2cc(Br)ccn2)cc1. The Bertz CT molecular complexity index is 743.